The van der Waals surface area contributed by atoms with E-state index in [1.807, 2.05) is 13.8 Å². The molecule has 1 amide bonds. The summed E-state index contributed by atoms with van der Waals surface area (Å²) in [5.41, 5.74) is 1.19. The molecule has 0 atom stereocenters. The van der Waals surface area contributed by atoms with Gasteiger partial charge in [-0.1, -0.05) is 0 Å². The minimum absolute atomic E-state index is 0.000645. The molecule has 0 saturated carbocycles. The summed E-state index contributed by atoms with van der Waals surface area (Å²) in [7, 11) is 0. The summed E-state index contributed by atoms with van der Waals surface area (Å²) in [6, 6.07) is 11.1. The zero-order valence-electron chi connectivity index (χ0n) is 14.6. The van der Waals surface area contributed by atoms with Gasteiger partial charge in [0.2, 0.25) is 5.91 Å². The van der Waals surface area contributed by atoms with Crippen molar-refractivity contribution in [3.63, 3.8) is 0 Å². The fourth-order valence-corrected chi connectivity index (χ4v) is 2.20. The summed E-state index contributed by atoms with van der Waals surface area (Å²) in [6.07, 6.45) is 2.93. The van der Waals surface area contributed by atoms with Crippen molar-refractivity contribution in [2.24, 2.45) is 0 Å². The third kappa shape index (κ3) is 5.34. The van der Waals surface area contributed by atoms with Crippen LogP contribution in [0.3, 0.4) is 0 Å². The van der Waals surface area contributed by atoms with Crippen LogP contribution >= 0.6 is 0 Å². The maximum Gasteiger partial charge on any atom is 0.269 e. The molecule has 1 N–H and O–H groups in total. The topological polar surface area (TPSA) is 90.7 Å². The second-order valence-electron chi connectivity index (χ2n) is 5.20. The van der Waals surface area contributed by atoms with E-state index in [0.29, 0.717) is 36.0 Å². The normalized spacial score (nSPS) is 10.5. The van der Waals surface area contributed by atoms with Gasteiger partial charge >= 0.3 is 0 Å². The highest BCUT2D eigenvalue weighted by atomic mass is 16.6. The molecule has 0 radical (unpaired) electrons. The van der Waals surface area contributed by atoms with Crippen molar-refractivity contribution in [1.29, 1.82) is 0 Å². The number of nitro benzene ring substituents is 1. The van der Waals surface area contributed by atoms with Crippen LogP contribution in [0.1, 0.15) is 19.4 Å². The number of nitrogens with one attached hydrogen (secondary N) is 1. The van der Waals surface area contributed by atoms with Gasteiger partial charge in [0.25, 0.3) is 5.69 Å². The van der Waals surface area contributed by atoms with Gasteiger partial charge in [-0.15, -0.1) is 0 Å². The minimum atomic E-state index is -0.471. The zero-order chi connectivity index (χ0) is 18.9. The first-order valence-electron chi connectivity index (χ1n) is 8.16. The maximum atomic E-state index is 12.2. The Morgan fingerprint density at radius 2 is 1.81 bits per heavy atom. The zero-order valence-corrected chi connectivity index (χ0v) is 14.6. The van der Waals surface area contributed by atoms with Crippen LogP contribution in [0.2, 0.25) is 0 Å². The smallest absolute Gasteiger partial charge is 0.269 e. The molecule has 7 nitrogen and oxygen atoms in total. The van der Waals surface area contributed by atoms with Gasteiger partial charge < -0.3 is 14.8 Å². The molecule has 2 aromatic carbocycles. The Bertz CT molecular complexity index is 800. The van der Waals surface area contributed by atoms with E-state index in [9.17, 15) is 14.9 Å². The lowest BCUT2D eigenvalue weighted by Crippen LogP contribution is -2.10. The summed E-state index contributed by atoms with van der Waals surface area (Å²) in [6.45, 7) is 4.72. The maximum absolute atomic E-state index is 12.2. The summed E-state index contributed by atoms with van der Waals surface area (Å²) in [5.74, 6) is 0.830. The first-order chi connectivity index (χ1) is 12.5. The van der Waals surface area contributed by atoms with Crippen molar-refractivity contribution in [2.45, 2.75) is 13.8 Å². The number of anilines is 1. The van der Waals surface area contributed by atoms with E-state index in [-0.39, 0.29) is 11.6 Å². The van der Waals surface area contributed by atoms with Gasteiger partial charge in [0.05, 0.1) is 23.8 Å². The molecular formula is C19H20N2O5. The van der Waals surface area contributed by atoms with Crippen LogP contribution in [0.4, 0.5) is 11.4 Å². The Morgan fingerprint density at radius 1 is 1.12 bits per heavy atom. The van der Waals surface area contributed by atoms with Gasteiger partial charge in [-0.05, 0) is 49.8 Å². The highest BCUT2D eigenvalue weighted by molar-refractivity contribution is 6.02. The van der Waals surface area contributed by atoms with Gasteiger partial charge in [-0.25, -0.2) is 0 Å². The van der Waals surface area contributed by atoms with E-state index in [0.717, 1.165) is 0 Å². The number of ether oxygens (including phenoxy) is 2. The van der Waals surface area contributed by atoms with Crippen LogP contribution in [0.25, 0.3) is 6.08 Å². The first-order valence-corrected chi connectivity index (χ1v) is 8.16. The van der Waals surface area contributed by atoms with E-state index in [1.165, 1.54) is 18.2 Å². The second kappa shape index (κ2) is 9.22. The monoisotopic (exact) mass is 356 g/mol. The van der Waals surface area contributed by atoms with Crippen molar-refractivity contribution < 1.29 is 19.2 Å². The number of rotatable bonds is 8. The fourth-order valence-electron chi connectivity index (χ4n) is 2.20. The predicted molar refractivity (Wildman–Crippen MR) is 99.5 cm³/mol. The Labute approximate surface area is 151 Å². The Morgan fingerprint density at radius 3 is 2.42 bits per heavy atom. The molecule has 0 saturated heterocycles. The fraction of sp³-hybridized carbons (Fsp3) is 0.211. The van der Waals surface area contributed by atoms with Crippen molar-refractivity contribution in [3.8, 4) is 11.5 Å². The van der Waals surface area contributed by atoms with Gasteiger partial charge in [-0.2, -0.15) is 0 Å². The number of hydrogen-bond donors (Lipinski definition) is 1. The van der Waals surface area contributed by atoms with Crippen LogP contribution in [-0.2, 0) is 4.79 Å². The molecule has 0 aromatic heterocycles. The number of carbonyl (C=O) groups excluding carboxylic acids is 1. The molecule has 0 aliphatic heterocycles. The summed E-state index contributed by atoms with van der Waals surface area (Å²) >= 11 is 0. The Kier molecular flexibility index (Phi) is 6.73. The summed E-state index contributed by atoms with van der Waals surface area (Å²) in [5, 5.41) is 13.4. The van der Waals surface area contributed by atoms with Gasteiger partial charge in [0.15, 0.2) is 0 Å². The SMILES string of the molecule is CCOc1ccc(OCC)c(NC(=O)/C=C/c2ccc([N+](=O)[O-])cc2)c1. The Hall–Kier alpha value is -3.35. The molecule has 136 valence electrons. The quantitative estimate of drug-likeness (QED) is 0.438. The lowest BCUT2D eigenvalue weighted by atomic mass is 10.2. The summed E-state index contributed by atoms with van der Waals surface area (Å²) in [4.78, 5) is 22.4. The lowest BCUT2D eigenvalue weighted by molar-refractivity contribution is -0.384. The van der Waals surface area contributed by atoms with Crippen LogP contribution in [0.5, 0.6) is 11.5 Å². The van der Waals surface area contributed by atoms with E-state index in [1.54, 1.807) is 36.4 Å². The number of hydrogen-bond acceptors (Lipinski definition) is 5. The molecule has 0 aliphatic carbocycles. The average molecular weight is 356 g/mol. The molecule has 2 aromatic rings. The standard InChI is InChI=1S/C19H20N2O5/c1-3-25-16-10-11-18(26-4-2)17(13-16)20-19(22)12-7-14-5-8-15(9-6-14)21(23)24/h5-13H,3-4H2,1-2H3,(H,20,22)/b12-7+. The molecule has 0 heterocycles. The molecular weight excluding hydrogens is 336 g/mol. The van der Waals surface area contributed by atoms with Crippen molar-refractivity contribution in [3.05, 3.63) is 64.2 Å². The predicted octanol–water partition coefficient (Wildman–Crippen LogP) is 4.04. The van der Waals surface area contributed by atoms with Crippen molar-refractivity contribution >= 4 is 23.4 Å². The first kappa shape index (κ1) is 19.0. The Balaban J connectivity index is 2.10. The third-order valence-corrected chi connectivity index (χ3v) is 3.35. The van der Waals surface area contributed by atoms with Crippen LogP contribution in [-0.4, -0.2) is 24.0 Å². The number of carbonyl (C=O) groups is 1. The van der Waals surface area contributed by atoms with Crippen molar-refractivity contribution in [2.75, 3.05) is 18.5 Å². The number of nitro groups is 1. The van der Waals surface area contributed by atoms with E-state index >= 15 is 0 Å². The number of benzene rings is 2. The molecule has 7 heteroatoms. The molecule has 0 unspecified atom stereocenters. The highest BCUT2D eigenvalue weighted by Crippen LogP contribution is 2.29. The summed E-state index contributed by atoms with van der Waals surface area (Å²) < 4.78 is 11.0. The molecule has 26 heavy (non-hydrogen) atoms. The molecule has 0 spiro atoms. The third-order valence-electron chi connectivity index (χ3n) is 3.35. The van der Waals surface area contributed by atoms with E-state index < -0.39 is 4.92 Å². The van der Waals surface area contributed by atoms with Crippen LogP contribution < -0.4 is 14.8 Å². The average Bonchev–Trinajstić information content (AvgIpc) is 2.63. The van der Waals surface area contributed by atoms with Gasteiger partial charge in [0.1, 0.15) is 11.5 Å². The molecule has 0 fully saturated rings. The molecule has 0 aliphatic rings. The van der Waals surface area contributed by atoms with Gasteiger partial charge in [0, 0.05) is 24.3 Å². The lowest BCUT2D eigenvalue weighted by Gasteiger charge is -2.12. The number of non-ortho nitro benzene ring substituents is 1. The second-order valence-corrected chi connectivity index (χ2v) is 5.20. The van der Waals surface area contributed by atoms with Crippen LogP contribution in [0, 0.1) is 10.1 Å². The number of nitrogens with zero attached hydrogens (tertiary/aromatic N) is 1. The van der Waals surface area contributed by atoms with E-state index in [4.69, 9.17) is 9.47 Å². The highest BCUT2D eigenvalue weighted by Gasteiger charge is 2.08. The van der Waals surface area contributed by atoms with Crippen molar-refractivity contribution in [1.82, 2.24) is 0 Å². The van der Waals surface area contributed by atoms with Crippen LogP contribution in [0.15, 0.2) is 48.5 Å². The molecule has 2 rings (SSSR count). The van der Waals surface area contributed by atoms with Gasteiger partial charge in [-0.3, -0.25) is 14.9 Å². The minimum Gasteiger partial charge on any atom is -0.494 e. The molecule has 0 bridgehead atoms. The number of amides is 1. The van der Waals surface area contributed by atoms with E-state index in [2.05, 4.69) is 5.32 Å². The largest absolute Gasteiger partial charge is 0.494 e.